The molecule has 25 heavy (non-hydrogen) atoms. The van der Waals surface area contributed by atoms with E-state index in [2.05, 4.69) is 42.4 Å². The lowest BCUT2D eigenvalue weighted by Gasteiger charge is -2.29. The maximum absolute atomic E-state index is 4.66. The Morgan fingerprint density at radius 3 is 3.04 bits per heavy atom. The largest absolute Gasteiger partial charge is 0.370 e. The zero-order chi connectivity index (χ0) is 17.1. The van der Waals surface area contributed by atoms with Gasteiger partial charge in [-0.05, 0) is 32.3 Å². The van der Waals surface area contributed by atoms with Crippen LogP contribution in [0.1, 0.15) is 30.5 Å². The number of piperidine rings is 1. The third kappa shape index (κ3) is 3.79. The van der Waals surface area contributed by atoms with E-state index in [0.29, 0.717) is 5.92 Å². The van der Waals surface area contributed by atoms with Gasteiger partial charge in [0, 0.05) is 63.0 Å². The second kappa shape index (κ2) is 7.44. The van der Waals surface area contributed by atoms with E-state index in [-0.39, 0.29) is 0 Å². The molecular formula is C19H28N6. The van der Waals surface area contributed by atoms with Crippen LogP contribution in [0.15, 0.2) is 24.4 Å². The number of nitrogens with zero attached hydrogens (tertiary/aromatic N) is 4. The molecule has 2 aliphatic rings. The van der Waals surface area contributed by atoms with Crippen LogP contribution in [0.25, 0.3) is 0 Å². The average molecular weight is 340 g/mol. The molecule has 2 aliphatic heterocycles. The normalized spacial score (nSPS) is 20.2. The number of hydrogen-bond donors (Lipinski definition) is 2. The number of hydrogen-bond acceptors (Lipinski definition) is 5. The molecule has 0 aliphatic carbocycles. The van der Waals surface area contributed by atoms with Gasteiger partial charge in [0.2, 0.25) is 0 Å². The van der Waals surface area contributed by atoms with Gasteiger partial charge >= 0.3 is 0 Å². The maximum Gasteiger partial charge on any atom is 0.133 e. The Bertz CT molecular complexity index is 704. The fourth-order valence-electron chi connectivity index (χ4n) is 3.89. The summed E-state index contributed by atoms with van der Waals surface area (Å²) in [7, 11) is 0. The average Bonchev–Trinajstić information content (AvgIpc) is 3.02. The van der Waals surface area contributed by atoms with Crippen LogP contribution in [-0.4, -0.2) is 40.9 Å². The Morgan fingerprint density at radius 2 is 2.16 bits per heavy atom. The predicted octanol–water partition coefficient (Wildman–Crippen LogP) is 2.41. The molecule has 4 heterocycles. The second-order valence-corrected chi connectivity index (χ2v) is 7.26. The first-order chi connectivity index (χ1) is 12.3. The van der Waals surface area contributed by atoms with Crippen molar-refractivity contribution in [3.8, 4) is 0 Å². The second-order valence-electron chi connectivity index (χ2n) is 7.26. The van der Waals surface area contributed by atoms with Crippen LogP contribution in [0.3, 0.4) is 0 Å². The molecule has 2 aromatic rings. The molecule has 0 amide bonds. The molecule has 4 rings (SSSR count). The standard InChI is InChI=1S/C19H28N6/c1-15-10-18-22-12-16(14-25(18)23-15)11-20-13-17-6-5-7-21-19(17)24-8-3-2-4-9-24/h5-7,10,16,20,22H,2-4,8-9,11-14H2,1H3/t16-/m0/s1. The van der Waals surface area contributed by atoms with Crippen molar-refractivity contribution in [3.05, 3.63) is 35.7 Å². The lowest BCUT2D eigenvalue weighted by Crippen LogP contribution is -2.36. The van der Waals surface area contributed by atoms with E-state index in [1.807, 2.05) is 19.2 Å². The molecule has 1 fully saturated rings. The van der Waals surface area contributed by atoms with E-state index in [0.717, 1.165) is 50.8 Å². The van der Waals surface area contributed by atoms with Crippen LogP contribution in [0.2, 0.25) is 0 Å². The SMILES string of the molecule is Cc1cc2n(n1)C[C@@H](CNCc1cccnc1N1CCCCC1)CN2. The maximum atomic E-state index is 4.66. The summed E-state index contributed by atoms with van der Waals surface area (Å²) >= 11 is 0. The van der Waals surface area contributed by atoms with Gasteiger partial charge in [-0.25, -0.2) is 9.67 Å². The summed E-state index contributed by atoms with van der Waals surface area (Å²) in [5.74, 6) is 2.87. The fourth-order valence-corrected chi connectivity index (χ4v) is 3.89. The van der Waals surface area contributed by atoms with Crippen LogP contribution < -0.4 is 15.5 Å². The van der Waals surface area contributed by atoms with Crippen molar-refractivity contribution >= 4 is 11.6 Å². The van der Waals surface area contributed by atoms with Crippen LogP contribution >= 0.6 is 0 Å². The highest BCUT2D eigenvalue weighted by Gasteiger charge is 2.19. The van der Waals surface area contributed by atoms with Gasteiger partial charge < -0.3 is 15.5 Å². The number of anilines is 2. The van der Waals surface area contributed by atoms with Gasteiger partial charge in [0.25, 0.3) is 0 Å². The minimum absolute atomic E-state index is 0.557. The first-order valence-electron chi connectivity index (χ1n) is 9.47. The fraction of sp³-hybridized carbons (Fsp3) is 0.579. The lowest BCUT2D eigenvalue weighted by atomic mass is 10.1. The van der Waals surface area contributed by atoms with Crippen molar-refractivity contribution in [2.24, 2.45) is 5.92 Å². The highest BCUT2D eigenvalue weighted by Crippen LogP contribution is 2.22. The molecule has 1 saturated heterocycles. The van der Waals surface area contributed by atoms with Gasteiger partial charge in [-0.2, -0.15) is 5.10 Å². The van der Waals surface area contributed by atoms with Gasteiger partial charge in [0.05, 0.1) is 5.69 Å². The molecule has 0 bridgehead atoms. The van der Waals surface area contributed by atoms with Gasteiger partial charge in [0.1, 0.15) is 11.6 Å². The number of nitrogens with one attached hydrogen (secondary N) is 2. The van der Waals surface area contributed by atoms with Gasteiger partial charge in [0.15, 0.2) is 0 Å². The highest BCUT2D eigenvalue weighted by atomic mass is 15.3. The van der Waals surface area contributed by atoms with Crippen LogP contribution in [-0.2, 0) is 13.1 Å². The Balaban J connectivity index is 1.33. The quantitative estimate of drug-likeness (QED) is 0.875. The summed E-state index contributed by atoms with van der Waals surface area (Å²) in [5.41, 5.74) is 2.39. The molecule has 0 aromatic carbocycles. The Labute approximate surface area is 149 Å². The molecule has 6 nitrogen and oxygen atoms in total. The van der Waals surface area contributed by atoms with E-state index < -0.39 is 0 Å². The molecule has 0 saturated carbocycles. The molecular weight excluding hydrogens is 312 g/mol. The summed E-state index contributed by atoms with van der Waals surface area (Å²) in [6, 6.07) is 6.37. The van der Waals surface area contributed by atoms with Crippen LogP contribution in [0, 0.1) is 12.8 Å². The third-order valence-corrected chi connectivity index (χ3v) is 5.18. The first-order valence-corrected chi connectivity index (χ1v) is 9.47. The number of aryl methyl sites for hydroxylation is 1. The summed E-state index contributed by atoms with van der Waals surface area (Å²) in [5, 5.41) is 11.7. The van der Waals surface area contributed by atoms with Gasteiger partial charge in [-0.3, -0.25) is 0 Å². The number of rotatable bonds is 5. The van der Waals surface area contributed by atoms with E-state index in [4.69, 9.17) is 0 Å². The van der Waals surface area contributed by atoms with Crippen molar-refractivity contribution in [3.63, 3.8) is 0 Å². The van der Waals surface area contributed by atoms with E-state index in [1.165, 1.54) is 30.6 Å². The monoisotopic (exact) mass is 340 g/mol. The van der Waals surface area contributed by atoms with Crippen molar-refractivity contribution in [2.75, 3.05) is 36.4 Å². The van der Waals surface area contributed by atoms with Crippen molar-refractivity contribution in [1.82, 2.24) is 20.1 Å². The summed E-state index contributed by atoms with van der Waals surface area (Å²) < 4.78 is 2.09. The Hall–Kier alpha value is -2.08. The smallest absolute Gasteiger partial charge is 0.133 e. The van der Waals surface area contributed by atoms with Crippen LogP contribution in [0.5, 0.6) is 0 Å². The molecule has 134 valence electrons. The zero-order valence-electron chi connectivity index (χ0n) is 15.0. The van der Waals surface area contributed by atoms with E-state index in [9.17, 15) is 0 Å². The molecule has 0 spiro atoms. The summed E-state index contributed by atoms with van der Waals surface area (Å²) in [6.07, 6.45) is 5.83. The van der Waals surface area contributed by atoms with Gasteiger partial charge in [-0.1, -0.05) is 6.07 Å². The van der Waals surface area contributed by atoms with E-state index >= 15 is 0 Å². The molecule has 1 atom stereocenters. The van der Waals surface area contributed by atoms with Crippen molar-refractivity contribution in [2.45, 2.75) is 39.3 Å². The van der Waals surface area contributed by atoms with Crippen LogP contribution in [0.4, 0.5) is 11.6 Å². The number of fused-ring (bicyclic) bond motifs is 1. The Kier molecular flexibility index (Phi) is 4.88. The minimum Gasteiger partial charge on any atom is -0.370 e. The lowest BCUT2D eigenvalue weighted by molar-refractivity contribution is 0.390. The van der Waals surface area contributed by atoms with Crippen molar-refractivity contribution in [1.29, 1.82) is 0 Å². The molecule has 6 heteroatoms. The van der Waals surface area contributed by atoms with Gasteiger partial charge in [-0.15, -0.1) is 0 Å². The third-order valence-electron chi connectivity index (χ3n) is 5.18. The highest BCUT2D eigenvalue weighted by molar-refractivity contribution is 5.47. The Morgan fingerprint density at radius 1 is 1.28 bits per heavy atom. The minimum atomic E-state index is 0.557. The summed E-state index contributed by atoms with van der Waals surface area (Å²) in [4.78, 5) is 7.11. The number of aromatic nitrogens is 3. The molecule has 2 aromatic heterocycles. The zero-order valence-corrected chi connectivity index (χ0v) is 15.0. The molecule has 0 unspecified atom stereocenters. The predicted molar refractivity (Wildman–Crippen MR) is 101 cm³/mol. The topological polar surface area (TPSA) is 58.0 Å². The first kappa shape index (κ1) is 16.4. The molecule has 0 radical (unpaired) electrons. The van der Waals surface area contributed by atoms with E-state index in [1.54, 1.807) is 0 Å². The van der Waals surface area contributed by atoms with Crippen molar-refractivity contribution < 1.29 is 0 Å². The number of pyridine rings is 1. The molecule has 2 N–H and O–H groups in total. The summed E-state index contributed by atoms with van der Waals surface area (Å²) in [6.45, 7) is 8.17.